The Labute approximate surface area is 128 Å². The molecule has 0 saturated carbocycles. The lowest BCUT2D eigenvalue weighted by Gasteiger charge is -2.16. The highest BCUT2D eigenvalue weighted by Crippen LogP contribution is 2.34. The molecule has 0 spiro atoms. The van der Waals surface area contributed by atoms with E-state index in [9.17, 15) is 0 Å². The van der Waals surface area contributed by atoms with Gasteiger partial charge in [0, 0.05) is 6.42 Å². The largest absolute Gasteiger partial charge is 0.490 e. The van der Waals surface area contributed by atoms with E-state index in [1.165, 1.54) is 0 Å². The number of nitrogens with two attached hydrogens (primary N) is 1. The zero-order valence-corrected chi connectivity index (χ0v) is 12.9. The summed E-state index contributed by atoms with van der Waals surface area (Å²) in [5.74, 6) is 2.03. The van der Waals surface area contributed by atoms with E-state index in [2.05, 4.69) is 5.10 Å². The summed E-state index contributed by atoms with van der Waals surface area (Å²) in [6.45, 7) is 5.22. The van der Waals surface area contributed by atoms with Crippen molar-refractivity contribution >= 4 is 17.4 Å². The molecular formula is C15H18ClN3O2. The SMILES string of the molecule is Cc1nn(C(C)c2ccc3c(c2)OCCCO3)c(N)c1Cl. The molecule has 3 rings (SSSR count). The third-order valence-corrected chi connectivity index (χ3v) is 4.14. The highest BCUT2D eigenvalue weighted by molar-refractivity contribution is 6.33. The standard InChI is InChI=1S/C15H18ClN3O2/c1-9-14(16)15(17)19(18-9)10(2)11-4-5-12-13(8-11)21-7-3-6-20-12/h4-5,8,10H,3,6-7,17H2,1-2H3. The van der Waals surface area contributed by atoms with Gasteiger partial charge in [-0.25, -0.2) is 4.68 Å². The number of benzene rings is 1. The molecule has 2 heterocycles. The average Bonchev–Trinajstić information content (AvgIpc) is 2.70. The number of halogens is 1. The van der Waals surface area contributed by atoms with Crippen molar-refractivity contribution in [3.8, 4) is 11.5 Å². The van der Waals surface area contributed by atoms with Crippen LogP contribution < -0.4 is 15.2 Å². The minimum atomic E-state index is -0.0339. The van der Waals surface area contributed by atoms with Crippen LogP contribution in [-0.4, -0.2) is 23.0 Å². The summed E-state index contributed by atoms with van der Waals surface area (Å²) < 4.78 is 13.1. The van der Waals surface area contributed by atoms with Crippen molar-refractivity contribution in [1.82, 2.24) is 9.78 Å². The maximum absolute atomic E-state index is 6.11. The second kappa shape index (κ2) is 5.48. The molecule has 1 aliphatic rings. The van der Waals surface area contributed by atoms with Crippen LogP contribution in [0.15, 0.2) is 18.2 Å². The van der Waals surface area contributed by atoms with Crippen molar-refractivity contribution in [2.24, 2.45) is 0 Å². The topological polar surface area (TPSA) is 62.3 Å². The Kier molecular flexibility index (Phi) is 3.68. The number of hydrogen-bond acceptors (Lipinski definition) is 4. The van der Waals surface area contributed by atoms with Gasteiger partial charge in [0.1, 0.15) is 10.8 Å². The van der Waals surface area contributed by atoms with Gasteiger partial charge in [-0.2, -0.15) is 5.10 Å². The van der Waals surface area contributed by atoms with Crippen LogP contribution in [0.4, 0.5) is 5.82 Å². The molecule has 2 N–H and O–H groups in total. The van der Waals surface area contributed by atoms with Gasteiger partial charge in [0.15, 0.2) is 11.5 Å². The quantitative estimate of drug-likeness (QED) is 0.925. The van der Waals surface area contributed by atoms with Crippen LogP contribution in [0.25, 0.3) is 0 Å². The van der Waals surface area contributed by atoms with Gasteiger partial charge in [0.25, 0.3) is 0 Å². The van der Waals surface area contributed by atoms with Gasteiger partial charge >= 0.3 is 0 Å². The molecule has 0 radical (unpaired) electrons. The van der Waals surface area contributed by atoms with E-state index in [4.69, 9.17) is 26.8 Å². The fourth-order valence-corrected chi connectivity index (χ4v) is 2.55. The van der Waals surface area contributed by atoms with Crippen molar-refractivity contribution < 1.29 is 9.47 Å². The third kappa shape index (κ3) is 2.53. The fourth-order valence-electron chi connectivity index (χ4n) is 2.42. The summed E-state index contributed by atoms with van der Waals surface area (Å²) in [7, 11) is 0. The number of hydrogen-bond donors (Lipinski definition) is 1. The first-order chi connectivity index (χ1) is 10.1. The highest BCUT2D eigenvalue weighted by Gasteiger charge is 2.19. The molecule has 1 unspecified atom stereocenters. The van der Waals surface area contributed by atoms with Crippen molar-refractivity contribution in [2.75, 3.05) is 18.9 Å². The van der Waals surface area contributed by atoms with Crippen LogP contribution in [0.1, 0.15) is 30.6 Å². The lowest BCUT2D eigenvalue weighted by atomic mass is 10.1. The number of nitrogens with zero attached hydrogens (tertiary/aromatic N) is 2. The van der Waals surface area contributed by atoms with Gasteiger partial charge in [-0.3, -0.25) is 0 Å². The average molecular weight is 308 g/mol. The van der Waals surface area contributed by atoms with E-state index < -0.39 is 0 Å². The van der Waals surface area contributed by atoms with Crippen molar-refractivity contribution in [3.63, 3.8) is 0 Å². The molecule has 6 heteroatoms. The normalized spacial score (nSPS) is 15.6. The molecule has 2 aromatic rings. The van der Waals surface area contributed by atoms with Crippen molar-refractivity contribution in [1.29, 1.82) is 0 Å². The van der Waals surface area contributed by atoms with Crippen LogP contribution in [0.3, 0.4) is 0 Å². The Morgan fingerprint density at radius 2 is 2.00 bits per heavy atom. The van der Waals surface area contributed by atoms with Gasteiger partial charge in [-0.1, -0.05) is 17.7 Å². The second-order valence-corrected chi connectivity index (χ2v) is 5.54. The second-order valence-electron chi connectivity index (χ2n) is 5.16. The van der Waals surface area contributed by atoms with Gasteiger partial charge in [0.2, 0.25) is 0 Å². The molecule has 5 nitrogen and oxygen atoms in total. The molecule has 0 aliphatic carbocycles. The third-order valence-electron chi connectivity index (χ3n) is 3.67. The predicted octanol–water partition coefficient (Wildman–Crippen LogP) is 3.20. The summed E-state index contributed by atoms with van der Waals surface area (Å²) in [5, 5.41) is 4.91. The molecule has 0 amide bonds. The van der Waals surface area contributed by atoms with Gasteiger partial charge < -0.3 is 15.2 Å². The minimum Gasteiger partial charge on any atom is -0.490 e. The number of aryl methyl sites for hydroxylation is 1. The zero-order chi connectivity index (χ0) is 15.0. The number of ether oxygens (including phenoxy) is 2. The van der Waals surface area contributed by atoms with Crippen LogP contribution in [0.2, 0.25) is 5.02 Å². The lowest BCUT2D eigenvalue weighted by Crippen LogP contribution is -2.12. The Balaban J connectivity index is 1.96. The number of nitrogen functional groups attached to an aromatic ring is 1. The maximum Gasteiger partial charge on any atom is 0.161 e. The number of aromatic nitrogens is 2. The monoisotopic (exact) mass is 307 g/mol. The first kappa shape index (κ1) is 14.1. The van der Waals surface area contributed by atoms with Crippen LogP contribution in [0.5, 0.6) is 11.5 Å². The molecule has 1 atom stereocenters. The molecule has 0 bridgehead atoms. The fraction of sp³-hybridized carbons (Fsp3) is 0.400. The first-order valence-electron chi connectivity index (χ1n) is 6.97. The molecule has 1 aromatic carbocycles. The Hall–Kier alpha value is -1.88. The summed E-state index contributed by atoms with van der Waals surface area (Å²) in [4.78, 5) is 0. The molecule has 1 aromatic heterocycles. The van der Waals surface area contributed by atoms with E-state index >= 15 is 0 Å². The summed E-state index contributed by atoms with van der Waals surface area (Å²) >= 11 is 6.11. The number of fused-ring (bicyclic) bond motifs is 1. The molecule has 112 valence electrons. The summed E-state index contributed by atoms with van der Waals surface area (Å²) in [6, 6.07) is 5.88. The Morgan fingerprint density at radius 1 is 1.29 bits per heavy atom. The van der Waals surface area contributed by atoms with Crippen LogP contribution in [0, 0.1) is 6.92 Å². The zero-order valence-electron chi connectivity index (χ0n) is 12.1. The van der Waals surface area contributed by atoms with Crippen molar-refractivity contribution in [3.05, 3.63) is 34.5 Å². The lowest BCUT2D eigenvalue weighted by molar-refractivity contribution is 0.297. The van der Waals surface area contributed by atoms with Gasteiger partial charge in [0.05, 0.1) is 24.9 Å². The van der Waals surface area contributed by atoms with Crippen LogP contribution in [-0.2, 0) is 0 Å². The van der Waals surface area contributed by atoms with E-state index in [0.29, 0.717) is 24.1 Å². The van der Waals surface area contributed by atoms with Crippen molar-refractivity contribution in [2.45, 2.75) is 26.3 Å². The number of anilines is 1. The smallest absolute Gasteiger partial charge is 0.161 e. The maximum atomic E-state index is 6.11. The highest BCUT2D eigenvalue weighted by atomic mass is 35.5. The van der Waals surface area contributed by atoms with E-state index in [1.54, 1.807) is 4.68 Å². The Bertz CT molecular complexity index is 669. The van der Waals surface area contributed by atoms with E-state index in [0.717, 1.165) is 29.2 Å². The molecule has 1 aliphatic heterocycles. The molecular weight excluding hydrogens is 290 g/mol. The molecule has 0 saturated heterocycles. The van der Waals surface area contributed by atoms with Gasteiger partial charge in [-0.05, 0) is 31.5 Å². The first-order valence-corrected chi connectivity index (χ1v) is 7.35. The minimum absolute atomic E-state index is 0.0339. The van der Waals surface area contributed by atoms with Gasteiger partial charge in [-0.15, -0.1) is 0 Å². The number of rotatable bonds is 2. The molecule has 0 fully saturated rings. The van der Waals surface area contributed by atoms with Crippen LogP contribution >= 0.6 is 11.6 Å². The summed E-state index contributed by atoms with van der Waals surface area (Å²) in [5.41, 5.74) is 7.80. The summed E-state index contributed by atoms with van der Waals surface area (Å²) in [6.07, 6.45) is 0.889. The Morgan fingerprint density at radius 3 is 2.67 bits per heavy atom. The van der Waals surface area contributed by atoms with E-state index in [-0.39, 0.29) is 6.04 Å². The predicted molar refractivity (Wildman–Crippen MR) is 82.2 cm³/mol. The molecule has 21 heavy (non-hydrogen) atoms. The van der Waals surface area contributed by atoms with E-state index in [1.807, 2.05) is 32.0 Å².